The summed E-state index contributed by atoms with van der Waals surface area (Å²) in [5, 5.41) is 0.402. The van der Waals surface area contributed by atoms with Gasteiger partial charge in [-0.1, -0.05) is 77.8 Å². The maximum atomic E-state index is 13.6. The molecule has 3 aromatic rings. The van der Waals surface area contributed by atoms with E-state index in [1.54, 1.807) is 22.5 Å². The summed E-state index contributed by atoms with van der Waals surface area (Å²) in [6.45, 7) is 3.40. The maximum absolute atomic E-state index is 13.6. The summed E-state index contributed by atoms with van der Waals surface area (Å²) in [5.41, 5.74) is 3.27. The minimum Gasteiger partial charge on any atom is -0.338 e. The molecule has 1 aliphatic rings. The lowest BCUT2D eigenvalue weighted by Crippen LogP contribution is -2.40. The molecule has 0 saturated heterocycles. The first-order valence-corrected chi connectivity index (χ1v) is 14.2. The lowest BCUT2D eigenvalue weighted by atomic mass is 9.85. The van der Waals surface area contributed by atoms with Gasteiger partial charge in [0.1, 0.15) is 0 Å². The zero-order valence-electron chi connectivity index (χ0n) is 20.6. The third-order valence-electron chi connectivity index (χ3n) is 7.00. The predicted octanol–water partition coefficient (Wildman–Crippen LogP) is 6.06. The smallest absolute Gasteiger partial charge is 0.243 e. The molecular formula is C29H33ClN2O3S. The third-order valence-corrected chi connectivity index (χ3v) is 9.05. The largest absolute Gasteiger partial charge is 0.338 e. The molecule has 0 N–H and O–H groups in total. The molecule has 36 heavy (non-hydrogen) atoms. The number of aryl methyl sites for hydroxylation is 1. The molecular weight excluding hydrogens is 492 g/mol. The molecule has 0 bridgehead atoms. The van der Waals surface area contributed by atoms with E-state index in [-0.39, 0.29) is 16.9 Å². The number of rotatable bonds is 10. The number of benzene rings is 3. The molecule has 1 amide bonds. The summed E-state index contributed by atoms with van der Waals surface area (Å²) in [6, 6.07) is 24.6. The number of hydrogen-bond acceptors (Lipinski definition) is 3. The standard InChI is InChI=1S/C29H33ClN2O3S/c1-23-10-12-25(13-11-23)19-31(22-33)28-16-14-26(15-17-28)21-32(20-24-6-3-2-4-7-24)36(34,35)29-9-5-8-27(30)18-29/h2-13,18,22,26,28H,14-17,19-21H2,1H3. The summed E-state index contributed by atoms with van der Waals surface area (Å²) < 4.78 is 28.8. The van der Waals surface area contributed by atoms with Crippen LogP contribution in [0, 0.1) is 12.8 Å². The van der Waals surface area contributed by atoms with E-state index in [0.29, 0.717) is 24.7 Å². The first-order valence-electron chi connectivity index (χ1n) is 12.4. The first-order chi connectivity index (χ1) is 17.3. The Morgan fingerprint density at radius 2 is 1.53 bits per heavy atom. The van der Waals surface area contributed by atoms with Gasteiger partial charge in [-0.05, 0) is 67.9 Å². The maximum Gasteiger partial charge on any atom is 0.243 e. The van der Waals surface area contributed by atoms with E-state index in [1.165, 1.54) is 11.6 Å². The lowest BCUT2D eigenvalue weighted by Gasteiger charge is -2.36. The van der Waals surface area contributed by atoms with Crippen LogP contribution in [0.15, 0.2) is 83.8 Å². The summed E-state index contributed by atoms with van der Waals surface area (Å²) >= 11 is 6.12. The zero-order valence-corrected chi connectivity index (χ0v) is 22.2. The van der Waals surface area contributed by atoms with Crippen LogP contribution in [0.2, 0.25) is 5.02 Å². The number of carbonyl (C=O) groups is 1. The van der Waals surface area contributed by atoms with Gasteiger partial charge in [-0.25, -0.2) is 8.42 Å². The van der Waals surface area contributed by atoms with Crippen molar-refractivity contribution in [2.24, 2.45) is 5.92 Å². The molecule has 0 radical (unpaired) electrons. The molecule has 0 unspecified atom stereocenters. The summed E-state index contributed by atoms with van der Waals surface area (Å²) in [6.07, 6.45) is 4.44. The van der Waals surface area contributed by atoms with Crippen molar-refractivity contribution >= 4 is 28.0 Å². The average molecular weight is 525 g/mol. The van der Waals surface area contributed by atoms with Crippen molar-refractivity contribution in [3.63, 3.8) is 0 Å². The van der Waals surface area contributed by atoms with Crippen LogP contribution in [0.4, 0.5) is 0 Å². The minimum atomic E-state index is -3.72. The molecule has 0 atom stereocenters. The zero-order chi connectivity index (χ0) is 25.5. The van der Waals surface area contributed by atoms with Crippen LogP contribution in [-0.2, 0) is 27.9 Å². The van der Waals surface area contributed by atoms with Crippen molar-refractivity contribution < 1.29 is 13.2 Å². The molecule has 190 valence electrons. The van der Waals surface area contributed by atoms with E-state index in [2.05, 4.69) is 31.2 Å². The Kier molecular flexibility index (Phi) is 8.83. The molecule has 3 aromatic carbocycles. The van der Waals surface area contributed by atoms with E-state index in [9.17, 15) is 13.2 Å². The van der Waals surface area contributed by atoms with E-state index in [4.69, 9.17) is 11.6 Å². The Bertz CT molecular complexity index is 1240. The fourth-order valence-electron chi connectivity index (χ4n) is 4.92. The highest BCUT2D eigenvalue weighted by Gasteiger charge is 2.31. The van der Waals surface area contributed by atoms with Crippen LogP contribution < -0.4 is 0 Å². The van der Waals surface area contributed by atoms with Crippen LogP contribution in [0.5, 0.6) is 0 Å². The fraction of sp³-hybridized carbons (Fsp3) is 0.345. The molecule has 1 aliphatic carbocycles. The molecule has 0 aromatic heterocycles. The highest BCUT2D eigenvalue weighted by Crippen LogP contribution is 2.31. The van der Waals surface area contributed by atoms with Gasteiger partial charge in [0, 0.05) is 30.7 Å². The molecule has 0 spiro atoms. The van der Waals surface area contributed by atoms with Crippen LogP contribution >= 0.6 is 11.6 Å². The molecule has 4 rings (SSSR count). The molecule has 1 fully saturated rings. The van der Waals surface area contributed by atoms with Crippen molar-refractivity contribution in [3.05, 3.63) is 101 Å². The quantitative estimate of drug-likeness (QED) is 0.303. The van der Waals surface area contributed by atoms with Gasteiger partial charge in [-0.15, -0.1) is 0 Å². The Labute approximate surface area is 219 Å². The average Bonchev–Trinajstić information content (AvgIpc) is 2.89. The molecule has 0 aliphatic heterocycles. The number of amides is 1. The van der Waals surface area contributed by atoms with Gasteiger partial charge >= 0.3 is 0 Å². The molecule has 7 heteroatoms. The van der Waals surface area contributed by atoms with Gasteiger partial charge in [0.25, 0.3) is 0 Å². The number of hydrogen-bond donors (Lipinski definition) is 0. The van der Waals surface area contributed by atoms with Gasteiger partial charge in [0.05, 0.1) is 4.90 Å². The normalized spacial score (nSPS) is 18.2. The van der Waals surface area contributed by atoms with Crippen molar-refractivity contribution in [2.45, 2.75) is 56.6 Å². The third kappa shape index (κ3) is 6.75. The van der Waals surface area contributed by atoms with E-state index in [1.807, 2.05) is 35.2 Å². The van der Waals surface area contributed by atoms with Gasteiger partial charge in [-0.3, -0.25) is 4.79 Å². The summed E-state index contributed by atoms with van der Waals surface area (Å²) in [4.78, 5) is 14.0. The van der Waals surface area contributed by atoms with Crippen molar-refractivity contribution in [1.82, 2.24) is 9.21 Å². The topological polar surface area (TPSA) is 57.7 Å². The second-order valence-corrected chi connectivity index (χ2v) is 12.1. The Morgan fingerprint density at radius 1 is 0.861 bits per heavy atom. The number of sulfonamides is 1. The molecule has 0 heterocycles. The van der Waals surface area contributed by atoms with Crippen molar-refractivity contribution in [3.8, 4) is 0 Å². The SMILES string of the molecule is Cc1ccc(CN(C=O)C2CCC(CN(Cc3ccccc3)S(=O)(=O)c3cccc(Cl)c3)CC2)cc1. The lowest BCUT2D eigenvalue weighted by molar-refractivity contribution is -0.121. The van der Waals surface area contributed by atoms with Crippen molar-refractivity contribution in [1.29, 1.82) is 0 Å². The van der Waals surface area contributed by atoms with Crippen LogP contribution in [0.1, 0.15) is 42.4 Å². The summed E-state index contributed by atoms with van der Waals surface area (Å²) in [5.74, 6) is 0.229. The molecule has 1 saturated carbocycles. The molecule has 5 nitrogen and oxygen atoms in total. The predicted molar refractivity (Wildman–Crippen MR) is 144 cm³/mol. The monoisotopic (exact) mass is 524 g/mol. The Morgan fingerprint density at radius 3 is 2.17 bits per heavy atom. The second kappa shape index (κ2) is 12.0. The number of carbonyl (C=O) groups excluding carboxylic acids is 1. The summed E-state index contributed by atoms with van der Waals surface area (Å²) in [7, 11) is -3.72. The number of halogens is 1. The van der Waals surface area contributed by atoms with Gasteiger partial charge in [0.2, 0.25) is 16.4 Å². The highest BCUT2D eigenvalue weighted by atomic mass is 35.5. The van der Waals surface area contributed by atoms with Crippen LogP contribution in [0.3, 0.4) is 0 Å². The fourth-order valence-corrected chi connectivity index (χ4v) is 6.72. The van der Waals surface area contributed by atoms with Crippen LogP contribution in [0.25, 0.3) is 0 Å². The van der Waals surface area contributed by atoms with E-state index in [0.717, 1.165) is 43.2 Å². The van der Waals surface area contributed by atoms with Crippen LogP contribution in [-0.4, -0.2) is 36.6 Å². The first kappa shape index (κ1) is 26.4. The van der Waals surface area contributed by atoms with Gasteiger partial charge < -0.3 is 4.90 Å². The van der Waals surface area contributed by atoms with Gasteiger partial charge in [0.15, 0.2) is 0 Å². The Balaban J connectivity index is 1.44. The Hall–Kier alpha value is -2.67. The van der Waals surface area contributed by atoms with Gasteiger partial charge in [-0.2, -0.15) is 4.31 Å². The highest BCUT2D eigenvalue weighted by molar-refractivity contribution is 7.89. The van der Waals surface area contributed by atoms with Crippen molar-refractivity contribution in [2.75, 3.05) is 6.54 Å². The minimum absolute atomic E-state index is 0.173. The van der Waals surface area contributed by atoms with E-state index >= 15 is 0 Å². The number of nitrogens with zero attached hydrogens (tertiary/aromatic N) is 2. The second-order valence-electron chi connectivity index (χ2n) is 9.68. The van der Waals surface area contributed by atoms with E-state index < -0.39 is 10.0 Å².